The molecule has 0 saturated carbocycles. The first-order valence-corrected chi connectivity index (χ1v) is 8.12. The monoisotopic (exact) mass is 311 g/mol. The third-order valence-corrected chi connectivity index (χ3v) is 3.78. The van der Waals surface area contributed by atoms with Crippen LogP contribution in [0.25, 0.3) is 0 Å². The van der Waals surface area contributed by atoms with Crippen molar-refractivity contribution in [1.29, 1.82) is 0 Å². The predicted octanol–water partition coefficient (Wildman–Crippen LogP) is 3.26. The summed E-state index contributed by atoms with van der Waals surface area (Å²) in [5, 5.41) is 6.06. The molecule has 0 fully saturated rings. The summed E-state index contributed by atoms with van der Waals surface area (Å²) in [5.41, 5.74) is 3.26. The number of anilines is 2. The summed E-state index contributed by atoms with van der Waals surface area (Å²) in [6.07, 6.45) is 0. The van der Waals surface area contributed by atoms with Crippen LogP contribution in [0.2, 0.25) is 0 Å². The molecule has 23 heavy (non-hydrogen) atoms. The van der Waals surface area contributed by atoms with Gasteiger partial charge in [-0.3, -0.25) is 4.79 Å². The fourth-order valence-corrected chi connectivity index (χ4v) is 2.42. The zero-order valence-corrected chi connectivity index (χ0v) is 13.9. The van der Waals surface area contributed by atoms with Crippen molar-refractivity contribution in [2.75, 3.05) is 29.9 Å². The number of hydrogen-bond acceptors (Lipinski definition) is 3. The Bertz CT molecular complexity index is 592. The van der Waals surface area contributed by atoms with Gasteiger partial charge in [0.15, 0.2) is 0 Å². The maximum atomic E-state index is 11.9. The number of amides is 1. The van der Waals surface area contributed by atoms with E-state index in [0.717, 1.165) is 24.3 Å². The lowest BCUT2D eigenvalue weighted by atomic mass is 10.2. The molecule has 0 bridgehead atoms. The van der Waals surface area contributed by atoms with E-state index in [1.165, 1.54) is 5.69 Å². The molecule has 0 heterocycles. The molecule has 0 unspecified atom stereocenters. The van der Waals surface area contributed by atoms with E-state index in [0.29, 0.717) is 6.54 Å². The van der Waals surface area contributed by atoms with Crippen molar-refractivity contribution in [3.63, 3.8) is 0 Å². The maximum Gasteiger partial charge on any atom is 0.239 e. The van der Waals surface area contributed by atoms with Crippen LogP contribution in [0.4, 0.5) is 11.4 Å². The van der Waals surface area contributed by atoms with E-state index >= 15 is 0 Å². The highest BCUT2D eigenvalue weighted by Crippen LogP contribution is 2.17. The average molecular weight is 311 g/mol. The van der Waals surface area contributed by atoms with E-state index in [1.807, 2.05) is 42.5 Å². The first-order valence-electron chi connectivity index (χ1n) is 8.12. The third-order valence-electron chi connectivity index (χ3n) is 3.78. The van der Waals surface area contributed by atoms with Crippen molar-refractivity contribution in [2.45, 2.75) is 20.4 Å². The molecule has 1 amide bonds. The summed E-state index contributed by atoms with van der Waals surface area (Å²) in [5.74, 6) is -0.0123. The van der Waals surface area contributed by atoms with Crippen LogP contribution in [0.3, 0.4) is 0 Å². The largest absolute Gasteiger partial charge is 0.376 e. The van der Waals surface area contributed by atoms with E-state index < -0.39 is 0 Å². The van der Waals surface area contributed by atoms with Crippen molar-refractivity contribution >= 4 is 17.3 Å². The molecule has 2 rings (SSSR count). The second kappa shape index (κ2) is 8.83. The van der Waals surface area contributed by atoms with Gasteiger partial charge in [-0.2, -0.15) is 0 Å². The van der Waals surface area contributed by atoms with Crippen LogP contribution < -0.4 is 15.5 Å². The van der Waals surface area contributed by atoms with Crippen molar-refractivity contribution in [3.05, 3.63) is 60.2 Å². The molecule has 4 nitrogen and oxygen atoms in total. The Balaban J connectivity index is 1.78. The van der Waals surface area contributed by atoms with Gasteiger partial charge in [-0.15, -0.1) is 0 Å². The molecule has 0 aliphatic rings. The average Bonchev–Trinajstić information content (AvgIpc) is 2.61. The standard InChI is InChI=1S/C19H25N3O/c1-3-22(4-2)18-12-10-17(11-13-18)20-15-19(23)21-14-16-8-6-5-7-9-16/h5-13,20H,3-4,14-15H2,1-2H3,(H,21,23). The molecule has 0 aliphatic heterocycles. The minimum atomic E-state index is -0.0123. The SMILES string of the molecule is CCN(CC)c1ccc(NCC(=O)NCc2ccccc2)cc1. The van der Waals surface area contributed by atoms with Gasteiger partial charge in [0.25, 0.3) is 0 Å². The Morgan fingerprint density at radius 3 is 2.22 bits per heavy atom. The molecule has 122 valence electrons. The Hall–Kier alpha value is -2.49. The van der Waals surface area contributed by atoms with Crippen molar-refractivity contribution < 1.29 is 4.79 Å². The number of carbonyl (C=O) groups excluding carboxylic acids is 1. The first-order chi connectivity index (χ1) is 11.2. The Kier molecular flexibility index (Phi) is 6.48. The molecule has 2 aromatic carbocycles. The van der Waals surface area contributed by atoms with Gasteiger partial charge in [0.05, 0.1) is 6.54 Å². The molecule has 4 heteroatoms. The normalized spacial score (nSPS) is 10.2. The molecule has 0 radical (unpaired) electrons. The molecule has 0 aromatic heterocycles. The van der Waals surface area contributed by atoms with Crippen LogP contribution in [0.15, 0.2) is 54.6 Å². The van der Waals surface area contributed by atoms with Gasteiger partial charge in [0, 0.05) is 31.0 Å². The third kappa shape index (κ3) is 5.33. The topological polar surface area (TPSA) is 44.4 Å². The highest BCUT2D eigenvalue weighted by atomic mass is 16.1. The zero-order valence-electron chi connectivity index (χ0n) is 13.9. The Morgan fingerprint density at radius 2 is 1.61 bits per heavy atom. The number of benzene rings is 2. The van der Waals surface area contributed by atoms with E-state index in [1.54, 1.807) is 0 Å². The van der Waals surface area contributed by atoms with Crippen LogP contribution in [0.1, 0.15) is 19.4 Å². The van der Waals surface area contributed by atoms with Gasteiger partial charge < -0.3 is 15.5 Å². The molecule has 0 spiro atoms. The molecular weight excluding hydrogens is 286 g/mol. The number of hydrogen-bond donors (Lipinski definition) is 2. The van der Waals surface area contributed by atoms with Crippen LogP contribution in [-0.4, -0.2) is 25.5 Å². The number of carbonyl (C=O) groups is 1. The first kappa shape index (κ1) is 16.9. The summed E-state index contributed by atoms with van der Waals surface area (Å²) in [6, 6.07) is 18.1. The van der Waals surface area contributed by atoms with Gasteiger partial charge in [-0.25, -0.2) is 0 Å². The quantitative estimate of drug-likeness (QED) is 0.786. The second-order valence-corrected chi connectivity index (χ2v) is 5.34. The van der Waals surface area contributed by atoms with E-state index in [9.17, 15) is 4.79 Å². The van der Waals surface area contributed by atoms with Crippen LogP contribution in [0, 0.1) is 0 Å². The molecule has 2 aromatic rings. The minimum Gasteiger partial charge on any atom is -0.376 e. The molecular formula is C19H25N3O. The second-order valence-electron chi connectivity index (χ2n) is 5.34. The smallest absolute Gasteiger partial charge is 0.239 e. The van der Waals surface area contributed by atoms with Gasteiger partial charge in [-0.05, 0) is 43.7 Å². The lowest BCUT2D eigenvalue weighted by Gasteiger charge is -2.21. The molecule has 0 aliphatic carbocycles. The summed E-state index contributed by atoms with van der Waals surface area (Å²) in [4.78, 5) is 14.2. The zero-order chi connectivity index (χ0) is 16.5. The lowest BCUT2D eigenvalue weighted by molar-refractivity contribution is -0.119. The van der Waals surface area contributed by atoms with Crippen LogP contribution in [-0.2, 0) is 11.3 Å². The Morgan fingerprint density at radius 1 is 0.957 bits per heavy atom. The molecule has 2 N–H and O–H groups in total. The van der Waals surface area contributed by atoms with E-state index in [4.69, 9.17) is 0 Å². The van der Waals surface area contributed by atoms with Crippen LogP contribution >= 0.6 is 0 Å². The van der Waals surface area contributed by atoms with Gasteiger partial charge in [0.2, 0.25) is 5.91 Å². The highest BCUT2D eigenvalue weighted by molar-refractivity contribution is 5.80. The fraction of sp³-hybridized carbons (Fsp3) is 0.316. The van der Waals surface area contributed by atoms with E-state index in [2.05, 4.69) is 41.5 Å². The predicted molar refractivity (Wildman–Crippen MR) is 96.8 cm³/mol. The molecule has 0 atom stereocenters. The van der Waals surface area contributed by atoms with Crippen molar-refractivity contribution in [2.24, 2.45) is 0 Å². The number of nitrogens with zero attached hydrogens (tertiary/aromatic N) is 1. The summed E-state index contributed by atoms with van der Waals surface area (Å²) in [7, 11) is 0. The molecule has 0 saturated heterocycles. The van der Waals surface area contributed by atoms with Crippen LogP contribution in [0.5, 0.6) is 0 Å². The lowest BCUT2D eigenvalue weighted by Crippen LogP contribution is -2.29. The van der Waals surface area contributed by atoms with E-state index in [-0.39, 0.29) is 12.5 Å². The summed E-state index contributed by atoms with van der Waals surface area (Å²) >= 11 is 0. The summed E-state index contributed by atoms with van der Waals surface area (Å²) in [6.45, 7) is 7.11. The van der Waals surface area contributed by atoms with Gasteiger partial charge in [0.1, 0.15) is 0 Å². The number of rotatable bonds is 8. The summed E-state index contributed by atoms with van der Waals surface area (Å²) < 4.78 is 0. The van der Waals surface area contributed by atoms with Gasteiger partial charge in [-0.1, -0.05) is 30.3 Å². The minimum absolute atomic E-state index is 0.0123. The Labute approximate surface area is 138 Å². The maximum absolute atomic E-state index is 11.9. The number of nitrogens with one attached hydrogen (secondary N) is 2. The fourth-order valence-electron chi connectivity index (χ4n) is 2.42. The van der Waals surface area contributed by atoms with Crippen molar-refractivity contribution in [3.8, 4) is 0 Å². The van der Waals surface area contributed by atoms with Crippen molar-refractivity contribution in [1.82, 2.24) is 5.32 Å². The van der Waals surface area contributed by atoms with Gasteiger partial charge >= 0.3 is 0 Å². The highest BCUT2D eigenvalue weighted by Gasteiger charge is 2.03.